The van der Waals surface area contributed by atoms with Gasteiger partial charge in [0.25, 0.3) is 5.91 Å². The molecule has 2 heterocycles. The van der Waals surface area contributed by atoms with E-state index in [2.05, 4.69) is 16.8 Å². The van der Waals surface area contributed by atoms with Crippen LogP contribution in [0.2, 0.25) is 0 Å². The number of hydrogen-bond donors (Lipinski definition) is 0. The second kappa shape index (κ2) is 6.71. The number of pyridine rings is 1. The van der Waals surface area contributed by atoms with E-state index in [1.807, 2.05) is 53.7 Å². The lowest BCUT2D eigenvalue weighted by Gasteiger charge is -2.34. The second-order valence-corrected chi connectivity index (χ2v) is 5.62. The van der Waals surface area contributed by atoms with E-state index in [0.717, 1.165) is 43.9 Å². The van der Waals surface area contributed by atoms with Crippen LogP contribution >= 0.6 is 0 Å². The molecule has 0 unspecified atom stereocenters. The van der Waals surface area contributed by atoms with Gasteiger partial charge in [0.2, 0.25) is 0 Å². The summed E-state index contributed by atoms with van der Waals surface area (Å²) in [6.45, 7) is 8.12. The first-order valence-corrected chi connectivity index (χ1v) is 7.55. The van der Waals surface area contributed by atoms with Gasteiger partial charge in [0.1, 0.15) is 0 Å². The van der Waals surface area contributed by atoms with Gasteiger partial charge in [0.05, 0.1) is 0 Å². The Labute approximate surface area is 131 Å². The van der Waals surface area contributed by atoms with E-state index in [4.69, 9.17) is 0 Å². The van der Waals surface area contributed by atoms with Crippen molar-refractivity contribution in [1.29, 1.82) is 0 Å². The summed E-state index contributed by atoms with van der Waals surface area (Å²) < 4.78 is 0. The van der Waals surface area contributed by atoms with Crippen LogP contribution in [0.1, 0.15) is 21.5 Å². The number of aromatic nitrogens is 1. The standard InChI is InChI=1S/C18H20N3O/c1-15-2-4-17(5-3-15)18(22)21-12-10-20(11-13-21)14-16-6-8-19-9-7-16/h2-9H,1,10-14H2. The Morgan fingerprint density at radius 3 is 2.27 bits per heavy atom. The molecule has 1 radical (unpaired) electrons. The van der Waals surface area contributed by atoms with Crippen molar-refractivity contribution in [2.24, 2.45) is 0 Å². The zero-order valence-corrected chi connectivity index (χ0v) is 12.6. The number of benzene rings is 1. The molecule has 3 rings (SSSR count). The molecule has 2 aromatic rings. The number of piperazine rings is 1. The molecule has 1 amide bonds. The Balaban J connectivity index is 1.55. The Kier molecular flexibility index (Phi) is 4.49. The Morgan fingerprint density at radius 1 is 1.00 bits per heavy atom. The van der Waals surface area contributed by atoms with Crippen molar-refractivity contribution in [2.45, 2.75) is 6.54 Å². The van der Waals surface area contributed by atoms with Crippen LogP contribution in [0.3, 0.4) is 0 Å². The summed E-state index contributed by atoms with van der Waals surface area (Å²) in [6, 6.07) is 11.6. The van der Waals surface area contributed by atoms with Gasteiger partial charge in [-0.25, -0.2) is 0 Å². The Bertz CT molecular complexity index is 617. The molecule has 0 spiro atoms. The van der Waals surface area contributed by atoms with Crippen molar-refractivity contribution in [3.63, 3.8) is 0 Å². The topological polar surface area (TPSA) is 36.4 Å². The minimum atomic E-state index is 0.114. The fourth-order valence-electron chi connectivity index (χ4n) is 2.69. The monoisotopic (exact) mass is 294 g/mol. The number of hydrogen-bond acceptors (Lipinski definition) is 3. The molecule has 0 bridgehead atoms. The molecule has 0 N–H and O–H groups in total. The van der Waals surface area contributed by atoms with Crippen molar-refractivity contribution in [2.75, 3.05) is 26.2 Å². The molecule has 0 atom stereocenters. The number of carbonyl (C=O) groups excluding carboxylic acids is 1. The molecule has 4 heteroatoms. The lowest BCUT2D eigenvalue weighted by atomic mass is 10.1. The SMILES string of the molecule is [CH2]c1ccc(C(=O)N2CCN(Cc3ccncc3)CC2)cc1. The first-order chi connectivity index (χ1) is 10.7. The van der Waals surface area contributed by atoms with Crippen molar-refractivity contribution < 1.29 is 4.79 Å². The molecule has 1 aliphatic rings. The maximum atomic E-state index is 12.5. The zero-order chi connectivity index (χ0) is 15.4. The van der Waals surface area contributed by atoms with E-state index in [1.54, 1.807) is 0 Å². The first-order valence-electron chi connectivity index (χ1n) is 7.55. The van der Waals surface area contributed by atoms with Crippen molar-refractivity contribution >= 4 is 5.91 Å². The van der Waals surface area contributed by atoms with Gasteiger partial charge in [-0.1, -0.05) is 12.1 Å². The average molecular weight is 294 g/mol. The number of nitrogens with zero attached hydrogens (tertiary/aromatic N) is 3. The van der Waals surface area contributed by atoms with Crippen LogP contribution in [-0.4, -0.2) is 46.9 Å². The summed E-state index contributed by atoms with van der Waals surface area (Å²) in [7, 11) is 0. The van der Waals surface area contributed by atoms with Crippen LogP contribution in [0.4, 0.5) is 0 Å². The van der Waals surface area contributed by atoms with Crippen LogP contribution in [0.25, 0.3) is 0 Å². The van der Waals surface area contributed by atoms with Gasteiger partial charge in [-0.15, -0.1) is 0 Å². The van der Waals surface area contributed by atoms with Crippen LogP contribution < -0.4 is 0 Å². The molecule has 1 fully saturated rings. The molecule has 1 aliphatic heterocycles. The normalized spacial score (nSPS) is 15.8. The van der Waals surface area contributed by atoms with Gasteiger partial charge in [-0.2, -0.15) is 0 Å². The number of amides is 1. The van der Waals surface area contributed by atoms with E-state index >= 15 is 0 Å². The predicted molar refractivity (Wildman–Crippen MR) is 86.3 cm³/mol. The van der Waals surface area contributed by atoms with E-state index in [9.17, 15) is 4.79 Å². The number of rotatable bonds is 3. The highest BCUT2D eigenvalue weighted by Crippen LogP contribution is 2.12. The van der Waals surface area contributed by atoms with Crippen LogP contribution in [-0.2, 0) is 6.54 Å². The highest BCUT2D eigenvalue weighted by atomic mass is 16.2. The Hall–Kier alpha value is -2.20. The highest BCUT2D eigenvalue weighted by molar-refractivity contribution is 5.94. The maximum absolute atomic E-state index is 12.5. The van der Waals surface area contributed by atoms with Crippen molar-refractivity contribution in [1.82, 2.24) is 14.8 Å². The van der Waals surface area contributed by atoms with E-state index in [0.29, 0.717) is 0 Å². The molecule has 0 aliphatic carbocycles. The molecular weight excluding hydrogens is 274 g/mol. The summed E-state index contributed by atoms with van der Waals surface area (Å²) in [4.78, 5) is 20.8. The lowest BCUT2D eigenvalue weighted by molar-refractivity contribution is 0.0628. The molecule has 1 aromatic carbocycles. The molecule has 22 heavy (non-hydrogen) atoms. The predicted octanol–water partition coefficient (Wildman–Crippen LogP) is 2.22. The summed E-state index contributed by atoms with van der Waals surface area (Å²) in [5, 5.41) is 0. The third-order valence-electron chi connectivity index (χ3n) is 4.02. The molecule has 0 saturated carbocycles. The second-order valence-electron chi connectivity index (χ2n) is 5.62. The molecule has 4 nitrogen and oxygen atoms in total. The fourth-order valence-corrected chi connectivity index (χ4v) is 2.69. The van der Waals surface area contributed by atoms with Crippen molar-refractivity contribution in [3.8, 4) is 0 Å². The molecule has 1 saturated heterocycles. The third kappa shape index (κ3) is 3.52. The van der Waals surface area contributed by atoms with E-state index < -0.39 is 0 Å². The van der Waals surface area contributed by atoms with Gasteiger partial charge in [-0.05, 0) is 42.3 Å². The van der Waals surface area contributed by atoms with Crippen LogP contribution in [0.15, 0.2) is 48.8 Å². The van der Waals surface area contributed by atoms with Gasteiger partial charge in [-0.3, -0.25) is 14.7 Å². The third-order valence-corrected chi connectivity index (χ3v) is 4.02. The summed E-state index contributed by atoms with van der Waals surface area (Å²) in [5.74, 6) is 0.114. The minimum absolute atomic E-state index is 0.114. The molecule has 113 valence electrons. The first kappa shape index (κ1) is 14.7. The van der Waals surface area contributed by atoms with E-state index in [-0.39, 0.29) is 5.91 Å². The fraction of sp³-hybridized carbons (Fsp3) is 0.278. The summed E-state index contributed by atoms with van der Waals surface area (Å²) in [5.41, 5.74) is 2.94. The Morgan fingerprint density at radius 2 is 1.64 bits per heavy atom. The van der Waals surface area contributed by atoms with Gasteiger partial charge < -0.3 is 4.90 Å². The summed E-state index contributed by atoms with van der Waals surface area (Å²) >= 11 is 0. The summed E-state index contributed by atoms with van der Waals surface area (Å²) in [6.07, 6.45) is 3.64. The largest absolute Gasteiger partial charge is 0.336 e. The van der Waals surface area contributed by atoms with Gasteiger partial charge >= 0.3 is 0 Å². The smallest absolute Gasteiger partial charge is 0.253 e. The van der Waals surface area contributed by atoms with Gasteiger partial charge in [0, 0.05) is 50.7 Å². The van der Waals surface area contributed by atoms with Crippen LogP contribution in [0.5, 0.6) is 0 Å². The highest BCUT2D eigenvalue weighted by Gasteiger charge is 2.21. The van der Waals surface area contributed by atoms with Crippen molar-refractivity contribution in [3.05, 3.63) is 72.4 Å². The van der Waals surface area contributed by atoms with Crippen LogP contribution in [0, 0.1) is 6.92 Å². The molecular formula is C18H20N3O. The maximum Gasteiger partial charge on any atom is 0.253 e. The zero-order valence-electron chi connectivity index (χ0n) is 12.6. The number of carbonyl (C=O) groups is 1. The van der Waals surface area contributed by atoms with Gasteiger partial charge in [0.15, 0.2) is 0 Å². The van der Waals surface area contributed by atoms with E-state index in [1.165, 1.54) is 5.56 Å². The lowest BCUT2D eigenvalue weighted by Crippen LogP contribution is -2.48. The minimum Gasteiger partial charge on any atom is -0.336 e. The molecule has 1 aromatic heterocycles. The quantitative estimate of drug-likeness (QED) is 0.871. The average Bonchev–Trinajstić information content (AvgIpc) is 2.57.